The van der Waals surface area contributed by atoms with E-state index in [1.54, 1.807) is 12.5 Å². The van der Waals surface area contributed by atoms with Gasteiger partial charge in [-0.1, -0.05) is 18.2 Å². The standard InChI is InChI=1S/C14H15N5/c1-19-9-17-8-13(19)14(18-15)12-4-2-3-10-7-16-6-5-11(10)12/h2-9,14,18H,15H2,1H3. The van der Waals surface area contributed by atoms with Gasteiger partial charge in [0, 0.05) is 24.8 Å². The van der Waals surface area contributed by atoms with E-state index in [-0.39, 0.29) is 6.04 Å². The Morgan fingerprint density at radius 2 is 2.11 bits per heavy atom. The summed E-state index contributed by atoms with van der Waals surface area (Å²) in [6.07, 6.45) is 7.25. The minimum absolute atomic E-state index is 0.0985. The number of rotatable bonds is 3. The molecule has 2 aromatic heterocycles. The molecule has 0 saturated heterocycles. The number of hydrogen-bond acceptors (Lipinski definition) is 4. The zero-order valence-electron chi connectivity index (χ0n) is 10.6. The van der Waals surface area contributed by atoms with E-state index < -0.39 is 0 Å². The number of nitrogens with two attached hydrogens (primary N) is 1. The molecule has 1 unspecified atom stereocenters. The molecule has 3 rings (SSSR count). The highest BCUT2D eigenvalue weighted by atomic mass is 15.2. The first kappa shape index (κ1) is 11.8. The van der Waals surface area contributed by atoms with Gasteiger partial charge in [-0.2, -0.15) is 0 Å². The van der Waals surface area contributed by atoms with Crippen molar-refractivity contribution in [2.24, 2.45) is 12.9 Å². The van der Waals surface area contributed by atoms with Gasteiger partial charge in [-0.05, 0) is 17.0 Å². The average Bonchev–Trinajstić information content (AvgIpc) is 2.86. The summed E-state index contributed by atoms with van der Waals surface area (Å²) in [4.78, 5) is 8.30. The molecule has 2 heterocycles. The van der Waals surface area contributed by atoms with Crippen LogP contribution >= 0.6 is 0 Å². The van der Waals surface area contributed by atoms with E-state index in [1.807, 2.05) is 42.2 Å². The second-order valence-electron chi connectivity index (χ2n) is 4.47. The van der Waals surface area contributed by atoms with Crippen molar-refractivity contribution in [1.29, 1.82) is 0 Å². The molecule has 96 valence electrons. The van der Waals surface area contributed by atoms with Gasteiger partial charge in [-0.25, -0.2) is 10.4 Å². The Bertz CT molecular complexity index is 698. The quantitative estimate of drug-likeness (QED) is 0.548. The molecule has 19 heavy (non-hydrogen) atoms. The fourth-order valence-electron chi connectivity index (χ4n) is 2.38. The van der Waals surface area contributed by atoms with Crippen molar-refractivity contribution in [3.8, 4) is 0 Å². The summed E-state index contributed by atoms with van der Waals surface area (Å²) in [5, 5.41) is 2.24. The molecule has 1 aromatic carbocycles. The van der Waals surface area contributed by atoms with Crippen LogP contribution in [0, 0.1) is 0 Å². The lowest BCUT2D eigenvalue weighted by Crippen LogP contribution is -2.30. The van der Waals surface area contributed by atoms with Crippen molar-refractivity contribution >= 4 is 10.8 Å². The Morgan fingerprint density at radius 1 is 1.21 bits per heavy atom. The van der Waals surface area contributed by atoms with Gasteiger partial charge in [-0.3, -0.25) is 10.8 Å². The molecular weight excluding hydrogens is 238 g/mol. The van der Waals surface area contributed by atoms with Gasteiger partial charge in [0.1, 0.15) is 0 Å². The monoisotopic (exact) mass is 253 g/mol. The molecule has 0 radical (unpaired) electrons. The zero-order valence-corrected chi connectivity index (χ0v) is 10.6. The van der Waals surface area contributed by atoms with Crippen molar-refractivity contribution < 1.29 is 0 Å². The number of hydrogen-bond donors (Lipinski definition) is 2. The summed E-state index contributed by atoms with van der Waals surface area (Å²) < 4.78 is 1.96. The predicted molar refractivity (Wildman–Crippen MR) is 74.1 cm³/mol. The van der Waals surface area contributed by atoms with Gasteiger partial charge in [0.15, 0.2) is 0 Å². The number of benzene rings is 1. The van der Waals surface area contributed by atoms with Gasteiger partial charge in [0.25, 0.3) is 0 Å². The van der Waals surface area contributed by atoms with Gasteiger partial charge < -0.3 is 4.57 Å². The van der Waals surface area contributed by atoms with Crippen molar-refractivity contribution in [3.05, 3.63) is 60.4 Å². The summed E-state index contributed by atoms with van der Waals surface area (Å²) in [6, 6.07) is 8.03. The topological polar surface area (TPSA) is 68.8 Å². The van der Waals surface area contributed by atoms with Crippen LogP contribution in [0.25, 0.3) is 10.8 Å². The summed E-state index contributed by atoms with van der Waals surface area (Å²) in [5.74, 6) is 5.75. The second kappa shape index (κ2) is 4.79. The van der Waals surface area contributed by atoms with Crippen LogP contribution in [0.2, 0.25) is 0 Å². The molecule has 5 heteroatoms. The van der Waals surface area contributed by atoms with E-state index >= 15 is 0 Å². The number of aromatic nitrogens is 3. The lowest BCUT2D eigenvalue weighted by molar-refractivity contribution is 0.600. The Balaban J connectivity index is 2.20. The molecule has 5 nitrogen and oxygen atoms in total. The molecular formula is C14H15N5. The van der Waals surface area contributed by atoms with Crippen LogP contribution in [-0.4, -0.2) is 14.5 Å². The van der Waals surface area contributed by atoms with Crippen LogP contribution < -0.4 is 11.3 Å². The Labute approximate surface area is 111 Å². The van der Waals surface area contributed by atoms with Crippen molar-refractivity contribution in [3.63, 3.8) is 0 Å². The van der Waals surface area contributed by atoms with E-state index in [2.05, 4.69) is 21.5 Å². The molecule has 0 spiro atoms. The summed E-state index contributed by atoms with van der Waals surface area (Å²) in [5.41, 5.74) is 5.01. The van der Waals surface area contributed by atoms with Crippen LogP contribution in [0.1, 0.15) is 17.3 Å². The molecule has 0 bridgehead atoms. The highest BCUT2D eigenvalue weighted by Gasteiger charge is 2.17. The first-order chi connectivity index (χ1) is 9.31. The maximum Gasteiger partial charge on any atom is 0.0946 e. The van der Waals surface area contributed by atoms with Crippen LogP contribution in [0.5, 0.6) is 0 Å². The van der Waals surface area contributed by atoms with Crippen LogP contribution in [-0.2, 0) is 7.05 Å². The highest BCUT2D eigenvalue weighted by Crippen LogP contribution is 2.27. The molecule has 1 atom stereocenters. The SMILES string of the molecule is Cn1cncc1C(NN)c1cccc2cnccc12. The van der Waals surface area contributed by atoms with Gasteiger partial charge >= 0.3 is 0 Å². The third-order valence-electron chi connectivity index (χ3n) is 3.34. The number of aryl methyl sites for hydroxylation is 1. The van der Waals surface area contributed by atoms with Gasteiger partial charge in [0.05, 0.1) is 24.3 Å². The predicted octanol–water partition coefficient (Wildman–Crippen LogP) is 1.52. The molecule has 0 aliphatic carbocycles. The van der Waals surface area contributed by atoms with Crippen molar-refractivity contribution in [2.75, 3.05) is 0 Å². The van der Waals surface area contributed by atoms with Gasteiger partial charge in [0.2, 0.25) is 0 Å². The lowest BCUT2D eigenvalue weighted by atomic mass is 9.98. The molecule has 3 N–H and O–H groups in total. The normalized spacial score (nSPS) is 12.7. The molecule has 0 fully saturated rings. The van der Waals surface area contributed by atoms with Crippen LogP contribution in [0.15, 0.2) is 49.2 Å². The number of nitrogens with zero attached hydrogens (tertiary/aromatic N) is 3. The number of hydrazine groups is 1. The van der Waals surface area contributed by atoms with Crippen molar-refractivity contribution in [2.45, 2.75) is 6.04 Å². The maximum atomic E-state index is 5.75. The summed E-state index contributed by atoms with van der Waals surface area (Å²) in [7, 11) is 1.96. The highest BCUT2D eigenvalue weighted by molar-refractivity contribution is 5.85. The first-order valence-corrected chi connectivity index (χ1v) is 6.06. The third kappa shape index (κ3) is 1.99. The zero-order chi connectivity index (χ0) is 13.2. The fourth-order valence-corrected chi connectivity index (χ4v) is 2.38. The number of nitrogens with one attached hydrogen (secondary N) is 1. The number of pyridine rings is 1. The van der Waals surface area contributed by atoms with Crippen LogP contribution in [0.4, 0.5) is 0 Å². The fraction of sp³-hybridized carbons (Fsp3) is 0.143. The second-order valence-corrected chi connectivity index (χ2v) is 4.47. The van der Waals surface area contributed by atoms with Gasteiger partial charge in [-0.15, -0.1) is 0 Å². The minimum Gasteiger partial charge on any atom is -0.336 e. The molecule has 0 aliphatic rings. The van der Waals surface area contributed by atoms with E-state index in [0.29, 0.717) is 0 Å². The molecule has 3 aromatic rings. The summed E-state index contributed by atoms with van der Waals surface area (Å²) >= 11 is 0. The van der Waals surface area contributed by atoms with E-state index in [4.69, 9.17) is 5.84 Å². The Morgan fingerprint density at radius 3 is 2.84 bits per heavy atom. The Kier molecular flexibility index (Phi) is 2.98. The molecule has 0 saturated carbocycles. The molecule has 0 amide bonds. The van der Waals surface area contributed by atoms with Crippen LogP contribution in [0.3, 0.4) is 0 Å². The minimum atomic E-state index is -0.0985. The van der Waals surface area contributed by atoms with E-state index in [0.717, 1.165) is 22.0 Å². The largest absolute Gasteiger partial charge is 0.336 e. The van der Waals surface area contributed by atoms with E-state index in [9.17, 15) is 0 Å². The Hall–Kier alpha value is -2.24. The molecule has 0 aliphatic heterocycles. The number of imidazole rings is 1. The first-order valence-electron chi connectivity index (χ1n) is 6.06. The smallest absolute Gasteiger partial charge is 0.0946 e. The summed E-state index contributed by atoms with van der Waals surface area (Å²) in [6.45, 7) is 0. The number of fused-ring (bicyclic) bond motifs is 1. The third-order valence-corrected chi connectivity index (χ3v) is 3.34. The van der Waals surface area contributed by atoms with Crippen molar-refractivity contribution in [1.82, 2.24) is 20.0 Å². The van der Waals surface area contributed by atoms with E-state index in [1.165, 1.54) is 0 Å². The maximum absolute atomic E-state index is 5.75. The average molecular weight is 253 g/mol. The lowest BCUT2D eigenvalue weighted by Gasteiger charge is -2.18.